The number of carbonyl (C=O) groups is 1. The van der Waals surface area contributed by atoms with Crippen LogP contribution in [0.5, 0.6) is 11.5 Å². The SMILES string of the molecule is CC(C)CN(C(=O)Cc1ccc2c(c1)OCCO2)c1c(N)n(Cc2ccccc2)c(=O)[nH]c1=O. The molecule has 3 N–H and O–H groups in total. The Balaban J connectivity index is 1.69. The molecule has 1 aliphatic rings. The molecular formula is C25H28N4O5. The zero-order valence-corrected chi connectivity index (χ0v) is 19.2. The third-order valence-corrected chi connectivity index (χ3v) is 5.48. The maximum atomic E-state index is 13.4. The smallest absolute Gasteiger partial charge is 0.330 e. The highest BCUT2D eigenvalue weighted by atomic mass is 16.6. The quantitative estimate of drug-likeness (QED) is 0.553. The lowest BCUT2D eigenvalue weighted by molar-refractivity contribution is -0.118. The van der Waals surface area contributed by atoms with Crippen molar-refractivity contribution in [2.75, 3.05) is 30.4 Å². The third-order valence-electron chi connectivity index (χ3n) is 5.48. The second kappa shape index (κ2) is 9.86. The summed E-state index contributed by atoms with van der Waals surface area (Å²) in [5.74, 6) is 0.912. The predicted octanol–water partition coefficient (Wildman–Crippen LogP) is 2.17. The van der Waals surface area contributed by atoms with E-state index in [2.05, 4.69) is 4.98 Å². The van der Waals surface area contributed by atoms with Gasteiger partial charge in [0, 0.05) is 6.54 Å². The molecule has 2 heterocycles. The molecule has 3 aromatic rings. The number of nitrogens with two attached hydrogens (primary N) is 1. The summed E-state index contributed by atoms with van der Waals surface area (Å²) in [6.45, 7) is 5.23. The van der Waals surface area contributed by atoms with E-state index in [-0.39, 0.29) is 42.8 Å². The summed E-state index contributed by atoms with van der Waals surface area (Å²) in [6, 6.07) is 14.6. The van der Waals surface area contributed by atoms with Crippen LogP contribution in [0.2, 0.25) is 0 Å². The second-order valence-corrected chi connectivity index (χ2v) is 8.62. The molecule has 0 aliphatic carbocycles. The summed E-state index contributed by atoms with van der Waals surface area (Å²) in [4.78, 5) is 42.5. The minimum absolute atomic E-state index is 0.0215. The number of nitrogens with zero attached hydrogens (tertiary/aromatic N) is 2. The van der Waals surface area contributed by atoms with Crippen LogP contribution < -0.4 is 31.4 Å². The van der Waals surface area contributed by atoms with Crippen LogP contribution in [-0.4, -0.2) is 35.2 Å². The Labute approximate surface area is 196 Å². The van der Waals surface area contributed by atoms with E-state index in [9.17, 15) is 14.4 Å². The molecule has 0 radical (unpaired) electrons. The van der Waals surface area contributed by atoms with Gasteiger partial charge in [-0.1, -0.05) is 50.2 Å². The van der Waals surface area contributed by atoms with E-state index in [0.29, 0.717) is 24.7 Å². The molecular weight excluding hydrogens is 436 g/mol. The van der Waals surface area contributed by atoms with Gasteiger partial charge < -0.3 is 20.1 Å². The van der Waals surface area contributed by atoms with Crippen molar-refractivity contribution < 1.29 is 14.3 Å². The minimum Gasteiger partial charge on any atom is -0.486 e. The Bertz CT molecular complexity index is 1300. The molecule has 9 nitrogen and oxygen atoms in total. The molecule has 34 heavy (non-hydrogen) atoms. The number of H-pyrrole nitrogens is 1. The van der Waals surface area contributed by atoms with Gasteiger partial charge in [0.2, 0.25) is 5.91 Å². The van der Waals surface area contributed by atoms with Crippen LogP contribution in [0.4, 0.5) is 11.5 Å². The Morgan fingerprint density at radius 1 is 1.06 bits per heavy atom. The first-order valence-corrected chi connectivity index (χ1v) is 11.2. The van der Waals surface area contributed by atoms with E-state index in [1.807, 2.05) is 44.2 Å². The summed E-state index contributed by atoms with van der Waals surface area (Å²) in [7, 11) is 0. The summed E-state index contributed by atoms with van der Waals surface area (Å²) in [6.07, 6.45) is 0.0278. The largest absolute Gasteiger partial charge is 0.486 e. The van der Waals surface area contributed by atoms with Crippen molar-refractivity contribution in [3.63, 3.8) is 0 Å². The first kappa shape index (κ1) is 23.2. The van der Waals surface area contributed by atoms with E-state index in [0.717, 1.165) is 11.1 Å². The van der Waals surface area contributed by atoms with Gasteiger partial charge in [-0.2, -0.15) is 0 Å². The average molecular weight is 465 g/mol. The topological polar surface area (TPSA) is 120 Å². The number of fused-ring (bicyclic) bond motifs is 1. The van der Waals surface area contributed by atoms with Gasteiger partial charge >= 0.3 is 5.69 Å². The van der Waals surface area contributed by atoms with Gasteiger partial charge in [-0.15, -0.1) is 0 Å². The summed E-state index contributed by atoms with van der Waals surface area (Å²) < 4.78 is 12.4. The predicted molar refractivity (Wildman–Crippen MR) is 130 cm³/mol. The van der Waals surface area contributed by atoms with E-state index in [1.54, 1.807) is 18.2 Å². The molecule has 0 saturated carbocycles. The molecule has 0 bridgehead atoms. The first-order valence-electron chi connectivity index (χ1n) is 11.2. The van der Waals surface area contributed by atoms with Gasteiger partial charge in [-0.05, 0) is 29.2 Å². The van der Waals surface area contributed by atoms with Crippen molar-refractivity contribution in [1.82, 2.24) is 9.55 Å². The lowest BCUT2D eigenvalue weighted by Crippen LogP contribution is -2.43. The van der Waals surface area contributed by atoms with E-state index in [4.69, 9.17) is 15.2 Å². The van der Waals surface area contributed by atoms with Gasteiger partial charge in [0.25, 0.3) is 5.56 Å². The maximum Gasteiger partial charge on any atom is 0.330 e. The lowest BCUT2D eigenvalue weighted by atomic mass is 10.1. The zero-order chi connectivity index (χ0) is 24.2. The van der Waals surface area contributed by atoms with Crippen LogP contribution >= 0.6 is 0 Å². The van der Waals surface area contributed by atoms with Crippen LogP contribution in [0.3, 0.4) is 0 Å². The molecule has 9 heteroatoms. The fourth-order valence-corrected chi connectivity index (χ4v) is 3.91. The normalized spacial score (nSPS) is 12.6. The van der Waals surface area contributed by atoms with E-state index < -0.39 is 11.2 Å². The van der Waals surface area contributed by atoms with E-state index in [1.165, 1.54) is 9.47 Å². The molecule has 1 amide bonds. The molecule has 1 aromatic heterocycles. The number of hydrogen-bond donors (Lipinski definition) is 2. The summed E-state index contributed by atoms with van der Waals surface area (Å²) >= 11 is 0. The Morgan fingerprint density at radius 3 is 2.47 bits per heavy atom. The van der Waals surface area contributed by atoms with Gasteiger partial charge in [0.15, 0.2) is 17.2 Å². The molecule has 4 rings (SSSR count). The van der Waals surface area contributed by atoms with Crippen molar-refractivity contribution >= 4 is 17.4 Å². The van der Waals surface area contributed by atoms with Crippen molar-refractivity contribution in [1.29, 1.82) is 0 Å². The number of hydrogen-bond acceptors (Lipinski definition) is 6. The Kier molecular flexibility index (Phi) is 6.72. The zero-order valence-electron chi connectivity index (χ0n) is 19.2. The molecule has 0 unspecified atom stereocenters. The van der Waals surface area contributed by atoms with Gasteiger partial charge in [0.05, 0.1) is 13.0 Å². The number of nitrogen functional groups attached to an aromatic ring is 1. The number of benzene rings is 2. The van der Waals surface area contributed by atoms with Crippen LogP contribution in [0, 0.1) is 5.92 Å². The van der Waals surface area contributed by atoms with Crippen molar-refractivity contribution in [3.8, 4) is 11.5 Å². The highest BCUT2D eigenvalue weighted by Crippen LogP contribution is 2.31. The van der Waals surface area contributed by atoms with Crippen LogP contribution in [0.15, 0.2) is 58.1 Å². The number of aromatic nitrogens is 2. The Hall–Kier alpha value is -4.01. The highest BCUT2D eigenvalue weighted by Gasteiger charge is 2.26. The van der Waals surface area contributed by atoms with Gasteiger partial charge in [-0.25, -0.2) is 4.79 Å². The molecule has 0 fully saturated rings. The van der Waals surface area contributed by atoms with Crippen molar-refractivity contribution in [2.24, 2.45) is 5.92 Å². The van der Waals surface area contributed by atoms with Crippen molar-refractivity contribution in [2.45, 2.75) is 26.8 Å². The van der Waals surface area contributed by atoms with E-state index >= 15 is 0 Å². The fraction of sp³-hybridized carbons (Fsp3) is 0.320. The highest BCUT2D eigenvalue weighted by molar-refractivity contribution is 5.96. The number of anilines is 2. The molecule has 178 valence electrons. The number of rotatable bonds is 7. The Morgan fingerprint density at radius 2 is 1.76 bits per heavy atom. The standard InChI is InChI=1S/C25H28N4O5/c1-16(2)14-28(21(30)13-18-8-9-19-20(12-18)34-11-10-33-19)22-23(26)29(25(32)27-24(22)31)15-17-6-4-3-5-7-17/h3-9,12,16H,10-11,13-15,26H2,1-2H3,(H,27,31,32). The van der Waals surface area contributed by atoms with Crippen molar-refractivity contribution in [3.05, 3.63) is 80.5 Å². The maximum absolute atomic E-state index is 13.4. The second-order valence-electron chi connectivity index (χ2n) is 8.62. The molecule has 0 atom stereocenters. The number of amides is 1. The van der Waals surface area contributed by atoms with Crippen LogP contribution in [0.1, 0.15) is 25.0 Å². The summed E-state index contributed by atoms with van der Waals surface area (Å²) in [5, 5.41) is 0. The third kappa shape index (κ3) is 4.98. The molecule has 2 aromatic carbocycles. The molecule has 1 aliphatic heterocycles. The lowest BCUT2D eigenvalue weighted by Gasteiger charge is -2.26. The minimum atomic E-state index is -0.692. The van der Waals surface area contributed by atoms with Crippen LogP contribution in [0.25, 0.3) is 0 Å². The number of aromatic amines is 1. The van der Waals surface area contributed by atoms with Gasteiger partial charge in [-0.3, -0.25) is 19.1 Å². The van der Waals surface area contributed by atoms with Gasteiger partial charge in [0.1, 0.15) is 19.0 Å². The number of carbonyl (C=O) groups excluding carboxylic acids is 1. The first-order chi connectivity index (χ1) is 16.3. The molecule has 0 saturated heterocycles. The number of ether oxygens (including phenoxy) is 2. The summed E-state index contributed by atoms with van der Waals surface area (Å²) in [5.41, 5.74) is 6.56. The monoisotopic (exact) mass is 464 g/mol. The molecule has 0 spiro atoms. The average Bonchev–Trinajstić information content (AvgIpc) is 2.81. The number of nitrogens with one attached hydrogen (secondary N) is 1. The van der Waals surface area contributed by atoms with Crippen LogP contribution in [-0.2, 0) is 17.8 Å². The fourth-order valence-electron chi connectivity index (χ4n) is 3.91.